The molecule has 0 radical (unpaired) electrons. The van der Waals surface area contributed by atoms with Gasteiger partial charge in [0.25, 0.3) is 0 Å². The lowest BCUT2D eigenvalue weighted by molar-refractivity contribution is 0.960. The minimum Gasteiger partial charge on any atom is -0.368 e. The van der Waals surface area contributed by atoms with Gasteiger partial charge in [-0.1, -0.05) is 41.9 Å². The molecule has 2 heterocycles. The molecule has 1 aliphatic rings. The fourth-order valence-corrected chi connectivity index (χ4v) is 2.97. The van der Waals surface area contributed by atoms with E-state index in [4.69, 9.17) is 11.6 Å². The lowest BCUT2D eigenvalue weighted by Crippen LogP contribution is -2.19. The van der Waals surface area contributed by atoms with Gasteiger partial charge in [0, 0.05) is 28.0 Å². The van der Waals surface area contributed by atoms with E-state index in [0.29, 0.717) is 0 Å². The first-order valence-electron chi connectivity index (χ1n) is 6.98. The first kappa shape index (κ1) is 12.5. The molecule has 0 unspecified atom stereocenters. The molecule has 0 saturated carbocycles. The van der Waals surface area contributed by atoms with E-state index < -0.39 is 0 Å². The second kappa shape index (κ2) is 4.93. The van der Waals surface area contributed by atoms with E-state index in [1.165, 1.54) is 0 Å². The number of nitrogens with one attached hydrogen (secondary N) is 2. The molecule has 0 amide bonds. The van der Waals surface area contributed by atoms with E-state index in [1.807, 2.05) is 36.4 Å². The van der Waals surface area contributed by atoms with E-state index >= 15 is 0 Å². The van der Waals surface area contributed by atoms with Crippen molar-refractivity contribution < 1.29 is 0 Å². The van der Waals surface area contributed by atoms with Crippen LogP contribution in [0.5, 0.6) is 0 Å². The number of hydrogen-bond acceptors (Lipinski definition) is 2. The van der Waals surface area contributed by atoms with Crippen molar-refractivity contribution in [2.45, 2.75) is 0 Å². The highest BCUT2D eigenvalue weighted by Gasteiger charge is 2.19. The van der Waals surface area contributed by atoms with Crippen LogP contribution < -0.4 is 5.32 Å². The number of hydrogen-bond donors (Lipinski definition) is 2. The van der Waals surface area contributed by atoms with E-state index in [-0.39, 0.29) is 0 Å². The number of benzene rings is 2. The van der Waals surface area contributed by atoms with Crippen molar-refractivity contribution in [1.82, 2.24) is 10.3 Å². The Hall–Kier alpha value is -2.26. The Morgan fingerprint density at radius 1 is 1.05 bits per heavy atom. The molecule has 0 fully saturated rings. The van der Waals surface area contributed by atoms with Gasteiger partial charge in [0.15, 0.2) is 0 Å². The summed E-state index contributed by atoms with van der Waals surface area (Å²) in [4.78, 5) is 8.09. The quantitative estimate of drug-likeness (QED) is 0.741. The van der Waals surface area contributed by atoms with Gasteiger partial charge in [-0.2, -0.15) is 0 Å². The monoisotopic (exact) mass is 295 g/mol. The minimum absolute atomic E-state index is 0.737. The number of amidine groups is 1. The molecule has 21 heavy (non-hydrogen) atoms. The zero-order valence-electron chi connectivity index (χ0n) is 11.4. The summed E-state index contributed by atoms with van der Waals surface area (Å²) in [6.07, 6.45) is 0. The Bertz CT molecular complexity index is 834. The van der Waals surface area contributed by atoms with Gasteiger partial charge in [-0.3, -0.25) is 4.99 Å². The Labute approximate surface area is 127 Å². The third kappa shape index (κ3) is 2.10. The summed E-state index contributed by atoms with van der Waals surface area (Å²) in [6, 6.07) is 16.2. The van der Waals surface area contributed by atoms with Gasteiger partial charge in [-0.05, 0) is 23.8 Å². The molecule has 2 N–H and O–H groups in total. The summed E-state index contributed by atoms with van der Waals surface area (Å²) in [6.45, 7) is 1.70. The number of H-pyrrole nitrogens is 1. The van der Waals surface area contributed by atoms with E-state index in [9.17, 15) is 0 Å². The van der Waals surface area contributed by atoms with Crippen molar-refractivity contribution >= 4 is 28.3 Å². The molecule has 0 bridgehead atoms. The standard InChI is InChI=1S/C17H14ClN3/c18-12-6-7-14-13(10-12)15(17-19-8-9-20-17)16(21-14)11-4-2-1-3-5-11/h1-7,10,21H,8-9H2,(H,19,20). The molecule has 1 aliphatic heterocycles. The fraction of sp³-hybridized carbons (Fsp3) is 0.118. The van der Waals surface area contributed by atoms with Crippen LogP contribution in [0, 0.1) is 0 Å². The highest BCUT2D eigenvalue weighted by Crippen LogP contribution is 2.32. The summed E-state index contributed by atoms with van der Waals surface area (Å²) < 4.78 is 0. The van der Waals surface area contributed by atoms with Crippen LogP contribution in [0.3, 0.4) is 0 Å². The summed E-state index contributed by atoms with van der Waals surface area (Å²) in [5, 5.41) is 5.21. The normalized spacial score (nSPS) is 14.2. The number of nitrogens with zero attached hydrogens (tertiary/aromatic N) is 1. The maximum Gasteiger partial charge on any atom is 0.131 e. The van der Waals surface area contributed by atoms with E-state index in [0.717, 1.165) is 51.7 Å². The van der Waals surface area contributed by atoms with Crippen molar-refractivity contribution in [3.8, 4) is 11.3 Å². The van der Waals surface area contributed by atoms with Gasteiger partial charge in [0.1, 0.15) is 5.84 Å². The zero-order valence-corrected chi connectivity index (χ0v) is 12.1. The third-order valence-corrected chi connectivity index (χ3v) is 3.97. The molecule has 0 saturated heterocycles. The first-order valence-corrected chi connectivity index (χ1v) is 7.36. The highest BCUT2D eigenvalue weighted by atomic mass is 35.5. The molecule has 0 spiro atoms. The van der Waals surface area contributed by atoms with Crippen molar-refractivity contribution in [3.63, 3.8) is 0 Å². The molecule has 3 nitrogen and oxygen atoms in total. The molecule has 1 aromatic heterocycles. The maximum absolute atomic E-state index is 6.18. The number of rotatable bonds is 2. The van der Waals surface area contributed by atoms with Crippen LogP contribution in [-0.2, 0) is 0 Å². The highest BCUT2D eigenvalue weighted by molar-refractivity contribution is 6.31. The lowest BCUT2D eigenvalue weighted by atomic mass is 10.0. The van der Waals surface area contributed by atoms with Gasteiger partial charge in [0.05, 0.1) is 12.2 Å². The smallest absolute Gasteiger partial charge is 0.131 e. The number of aromatic nitrogens is 1. The van der Waals surface area contributed by atoms with Gasteiger partial charge >= 0.3 is 0 Å². The SMILES string of the molecule is Clc1ccc2[nH]c(-c3ccccc3)c(C3=NCCN3)c2c1. The van der Waals surface area contributed by atoms with Crippen molar-refractivity contribution in [2.24, 2.45) is 4.99 Å². The fourth-order valence-electron chi connectivity index (χ4n) is 2.80. The summed E-state index contributed by atoms with van der Waals surface area (Å²) in [7, 11) is 0. The van der Waals surface area contributed by atoms with Crippen LogP contribution in [-0.4, -0.2) is 23.9 Å². The lowest BCUT2D eigenvalue weighted by Gasteiger charge is -2.06. The molecule has 3 aromatic rings. The van der Waals surface area contributed by atoms with Crippen molar-refractivity contribution in [3.05, 3.63) is 59.1 Å². The van der Waals surface area contributed by atoms with Gasteiger partial charge < -0.3 is 10.3 Å². The molecule has 4 heteroatoms. The average molecular weight is 296 g/mol. The van der Waals surface area contributed by atoms with Crippen LogP contribution in [0.4, 0.5) is 0 Å². The number of aromatic amines is 1. The summed E-state index contributed by atoms with van der Waals surface area (Å²) in [5.74, 6) is 0.947. The third-order valence-electron chi connectivity index (χ3n) is 3.73. The topological polar surface area (TPSA) is 40.2 Å². The van der Waals surface area contributed by atoms with Crippen LogP contribution in [0.2, 0.25) is 5.02 Å². The second-order valence-electron chi connectivity index (χ2n) is 5.09. The molecule has 4 rings (SSSR count). The van der Waals surface area contributed by atoms with Crippen LogP contribution in [0.25, 0.3) is 22.2 Å². The summed E-state index contributed by atoms with van der Waals surface area (Å²) in [5.41, 5.74) is 4.41. The zero-order chi connectivity index (χ0) is 14.2. The predicted molar refractivity (Wildman–Crippen MR) is 88.2 cm³/mol. The largest absolute Gasteiger partial charge is 0.368 e. The molecule has 104 valence electrons. The minimum atomic E-state index is 0.737. The summed E-state index contributed by atoms with van der Waals surface area (Å²) >= 11 is 6.18. The maximum atomic E-state index is 6.18. The van der Waals surface area contributed by atoms with Gasteiger partial charge in [-0.15, -0.1) is 0 Å². The van der Waals surface area contributed by atoms with Crippen LogP contribution in [0.15, 0.2) is 53.5 Å². The molecule has 2 aromatic carbocycles. The van der Waals surface area contributed by atoms with Gasteiger partial charge in [-0.25, -0.2) is 0 Å². The van der Waals surface area contributed by atoms with E-state index in [2.05, 4.69) is 27.4 Å². The average Bonchev–Trinajstić information content (AvgIpc) is 3.14. The molecular weight excluding hydrogens is 282 g/mol. The van der Waals surface area contributed by atoms with Crippen molar-refractivity contribution in [1.29, 1.82) is 0 Å². The Morgan fingerprint density at radius 2 is 1.90 bits per heavy atom. The predicted octanol–water partition coefficient (Wildman–Crippen LogP) is 3.84. The number of halogens is 1. The van der Waals surface area contributed by atoms with Crippen molar-refractivity contribution in [2.75, 3.05) is 13.1 Å². The Kier molecular flexibility index (Phi) is 2.93. The second-order valence-corrected chi connectivity index (χ2v) is 5.52. The van der Waals surface area contributed by atoms with Crippen LogP contribution >= 0.6 is 11.6 Å². The number of fused-ring (bicyclic) bond motifs is 1. The Morgan fingerprint density at radius 3 is 2.67 bits per heavy atom. The first-order chi connectivity index (χ1) is 10.3. The number of aliphatic imine (C=N–C) groups is 1. The Balaban J connectivity index is 2.03. The molecular formula is C17H14ClN3. The van der Waals surface area contributed by atoms with Crippen LogP contribution in [0.1, 0.15) is 5.56 Å². The van der Waals surface area contributed by atoms with E-state index in [1.54, 1.807) is 0 Å². The molecule has 0 aliphatic carbocycles. The van der Waals surface area contributed by atoms with Gasteiger partial charge in [0.2, 0.25) is 0 Å². The molecule has 0 atom stereocenters.